The highest BCUT2D eigenvalue weighted by Crippen LogP contribution is 2.15. The number of hydrogen-bond donors (Lipinski definition) is 0. The molecule has 2 aromatic rings. The van der Waals surface area contributed by atoms with Crippen LogP contribution in [0.15, 0.2) is 36.7 Å². The van der Waals surface area contributed by atoms with E-state index >= 15 is 0 Å². The van der Waals surface area contributed by atoms with Gasteiger partial charge in [0.25, 0.3) is 0 Å². The number of unbranched alkanes of at least 4 members (excludes halogenated alkanes) is 2. The monoisotopic (exact) mass is 221 g/mol. The molecule has 0 atom stereocenters. The van der Waals surface area contributed by atoms with Crippen LogP contribution in [0.4, 0.5) is 0 Å². The highest BCUT2D eigenvalue weighted by molar-refractivity contribution is 6.17. The summed E-state index contributed by atoms with van der Waals surface area (Å²) in [5.74, 6) is 0.785. The first-order chi connectivity index (χ1) is 7.40. The van der Waals surface area contributed by atoms with Crippen molar-refractivity contribution in [2.75, 3.05) is 5.88 Å². The van der Waals surface area contributed by atoms with Gasteiger partial charge in [0.2, 0.25) is 0 Å². The number of halogens is 1. The van der Waals surface area contributed by atoms with Gasteiger partial charge in [0, 0.05) is 24.8 Å². The van der Waals surface area contributed by atoms with Crippen molar-refractivity contribution in [1.29, 1.82) is 0 Å². The Balaban J connectivity index is 1.97. The Morgan fingerprint density at radius 3 is 2.20 bits per heavy atom. The number of rotatable bonds is 5. The lowest BCUT2D eigenvalue weighted by molar-refractivity contribution is 0.607. The Labute approximate surface area is 95.7 Å². The van der Waals surface area contributed by atoms with Crippen molar-refractivity contribution in [3.8, 4) is 0 Å². The van der Waals surface area contributed by atoms with Crippen LogP contribution in [0.25, 0.3) is 10.8 Å². The first kappa shape index (κ1) is 10.6. The van der Waals surface area contributed by atoms with Crippen LogP contribution in [-0.2, 0) is 6.54 Å². The summed E-state index contributed by atoms with van der Waals surface area (Å²) in [4.78, 5) is 0. The lowest BCUT2D eigenvalue weighted by Crippen LogP contribution is -1.93. The standard InChI is InChI=1S/C13H16ClN/c14-8-4-1-5-9-15-10-12-6-2-3-7-13(12)11-15/h2-3,6-7,10-11H,1,4-5,8-9H2. The lowest BCUT2D eigenvalue weighted by atomic mass is 10.2. The Morgan fingerprint density at radius 1 is 0.933 bits per heavy atom. The van der Waals surface area contributed by atoms with E-state index in [1.54, 1.807) is 0 Å². The van der Waals surface area contributed by atoms with Crippen LogP contribution < -0.4 is 0 Å². The number of aromatic nitrogens is 1. The van der Waals surface area contributed by atoms with E-state index < -0.39 is 0 Å². The molecule has 2 rings (SSSR count). The van der Waals surface area contributed by atoms with Crippen molar-refractivity contribution in [2.24, 2.45) is 0 Å². The van der Waals surface area contributed by atoms with Gasteiger partial charge in [-0.3, -0.25) is 0 Å². The molecular weight excluding hydrogens is 206 g/mol. The maximum Gasteiger partial charge on any atom is 0.0223 e. The van der Waals surface area contributed by atoms with Gasteiger partial charge in [0.1, 0.15) is 0 Å². The first-order valence-electron chi connectivity index (χ1n) is 5.50. The van der Waals surface area contributed by atoms with Crippen LogP contribution in [0.2, 0.25) is 0 Å². The summed E-state index contributed by atoms with van der Waals surface area (Å²) in [6, 6.07) is 8.48. The molecule has 0 spiro atoms. The predicted molar refractivity (Wildman–Crippen MR) is 66.5 cm³/mol. The molecule has 0 radical (unpaired) electrons. The molecule has 1 aromatic heterocycles. The molecule has 15 heavy (non-hydrogen) atoms. The molecule has 0 aliphatic heterocycles. The minimum Gasteiger partial charge on any atom is -0.353 e. The van der Waals surface area contributed by atoms with Gasteiger partial charge in [-0.15, -0.1) is 11.6 Å². The molecule has 1 aromatic carbocycles. The molecule has 0 amide bonds. The van der Waals surface area contributed by atoms with E-state index in [1.165, 1.54) is 23.6 Å². The average molecular weight is 222 g/mol. The van der Waals surface area contributed by atoms with Crippen molar-refractivity contribution in [3.63, 3.8) is 0 Å². The minimum absolute atomic E-state index is 0.785. The van der Waals surface area contributed by atoms with E-state index in [1.807, 2.05) is 0 Å². The summed E-state index contributed by atoms with van der Waals surface area (Å²) < 4.78 is 2.28. The van der Waals surface area contributed by atoms with Crippen molar-refractivity contribution in [1.82, 2.24) is 4.57 Å². The van der Waals surface area contributed by atoms with E-state index in [2.05, 4.69) is 41.2 Å². The zero-order chi connectivity index (χ0) is 10.5. The average Bonchev–Trinajstić information content (AvgIpc) is 2.67. The fraction of sp³-hybridized carbons (Fsp3) is 0.385. The second kappa shape index (κ2) is 5.22. The van der Waals surface area contributed by atoms with Gasteiger partial charge in [-0.1, -0.05) is 30.7 Å². The fourth-order valence-corrected chi connectivity index (χ4v) is 2.02. The third-order valence-corrected chi connectivity index (χ3v) is 2.92. The van der Waals surface area contributed by atoms with Crippen LogP contribution >= 0.6 is 11.6 Å². The molecule has 0 N–H and O–H groups in total. The molecule has 0 aliphatic rings. The van der Waals surface area contributed by atoms with Crippen molar-refractivity contribution < 1.29 is 0 Å². The molecule has 0 saturated carbocycles. The third kappa shape index (κ3) is 2.75. The summed E-state index contributed by atoms with van der Waals surface area (Å²) in [5.41, 5.74) is 0. The summed E-state index contributed by atoms with van der Waals surface area (Å²) in [7, 11) is 0. The molecule has 0 bridgehead atoms. The number of aryl methyl sites for hydroxylation is 1. The Hall–Kier alpha value is -0.950. The number of benzene rings is 1. The van der Waals surface area contributed by atoms with Crippen molar-refractivity contribution in [2.45, 2.75) is 25.8 Å². The highest BCUT2D eigenvalue weighted by atomic mass is 35.5. The van der Waals surface area contributed by atoms with Gasteiger partial charge in [-0.05, 0) is 23.6 Å². The molecule has 0 fully saturated rings. The normalized spacial score (nSPS) is 11.0. The van der Waals surface area contributed by atoms with Gasteiger partial charge < -0.3 is 4.57 Å². The van der Waals surface area contributed by atoms with E-state index in [0.717, 1.165) is 18.8 Å². The second-order valence-corrected chi connectivity index (χ2v) is 4.25. The van der Waals surface area contributed by atoms with Crippen LogP contribution in [0.1, 0.15) is 19.3 Å². The van der Waals surface area contributed by atoms with Crippen molar-refractivity contribution in [3.05, 3.63) is 36.7 Å². The topological polar surface area (TPSA) is 4.93 Å². The number of alkyl halides is 1. The Morgan fingerprint density at radius 2 is 1.60 bits per heavy atom. The maximum atomic E-state index is 5.64. The zero-order valence-corrected chi connectivity index (χ0v) is 9.58. The van der Waals surface area contributed by atoms with Gasteiger partial charge in [0.15, 0.2) is 0 Å². The van der Waals surface area contributed by atoms with Crippen molar-refractivity contribution >= 4 is 22.4 Å². The Bertz CT molecular complexity index is 386. The summed E-state index contributed by atoms with van der Waals surface area (Å²) in [6.45, 7) is 1.10. The van der Waals surface area contributed by atoms with E-state index in [9.17, 15) is 0 Å². The molecule has 0 saturated heterocycles. The van der Waals surface area contributed by atoms with Gasteiger partial charge in [0.05, 0.1) is 0 Å². The molecule has 2 heteroatoms. The smallest absolute Gasteiger partial charge is 0.0223 e. The van der Waals surface area contributed by atoms with Gasteiger partial charge in [-0.2, -0.15) is 0 Å². The highest BCUT2D eigenvalue weighted by Gasteiger charge is 1.96. The van der Waals surface area contributed by atoms with Crippen LogP contribution in [0.5, 0.6) is 0 Å². The third-order valence-electron chi connectivity index (χ3n) is 2.66. The molecule has 0 aliphatic carbocycles. The van der Waals surface area contributed by atoms with Gasteiger partial charge in [-0.25, -0.2) is 0 Å². The predicted octanol–water partition coefficient (Wildman–Crippen LogP) is 4.05. The second-order valence-electron chi connectivity index (χ2n) is 3.87. The molecule has 0 unspecified atom stereocenters. The van der Waals surface area contributed by atoms with Crippen LogP contribution in [-0.4, -0.2) is 10.4 Å². The summed E-state index contributed by atoms with van der Waals surface area (Å²) >= 11 is 5.64. The van der Waals surface area contributed by atoms with Gasteiger partial charge >= 0.3 is 0 Å². The van der Waals surface area contributed by atoms with Crippen LogP contribution in [0, 0.1) is 0 Å². The lowest BCUT2D eigenvalue weighted by Gasteiger charge is -2.00. The summed E-state index contributed by atoms with van der Waals surface area (Å²) in [5, 5.41) is 2.66. The van der Waals surface area contributed by atoms with E-state index in [4.69, 9.17) is 11.6 Å². The molecule has 80 valence electrons. The molecule has 1 nitrogen and oxygen atoms in total. The maximum absolute atomic E-state index is 5.64. The summed E-state index contributed by atoms with van der Waals surface area (Å²) in [6.07, 6.45) is 8.00. The fourth-order valence-electron chi connectivity index (χ4n) is 1.84. The quantitative estimate of drug-likeness (QED) is 0.530. The zero-order valence-electron chi connectivity index (χ0n) is 8.82. The number of hydrogen-bond acceptors (Lipinski definition) is 0. The first-order valence-corrected chi connectivity index (χ1v) is 6.04. The molecular formula is C13H16ClN. The minimum atomic E-state index is 0.785. The van der Waals surface area contributed by atoms with E-state index in [-0.39, 0.29) is 0 Å². The SMILES string of the molecule is ClCCCCCn1cc2ccccc2c1. The number of fused-ring (bicyclic) bond motifs is 1. The van der Waals surface area contributed by atoms with Crippen LogP contribution in [0.3, 0.4) is 0 Å². The number of nitrogens with zero attached hydrogens (tertiary/aromatic N) is 1. The largest absolute Gasteiger partial charge is 0.353 e. The van der Waals surface area contributed by atoms with E-state index in [0.29, 0.717) is 0 Å². The molecule has 1 heterocycles. The Kier molecular flexibility index (Phi) is 3.68.